The molecule has 0 unspecified atom stereocenters. The molecule has 1 aliphatic heterocycles. The van der Waals surface area contributed by atoms with Crippen LogP contribution in [0.5, 0.6) is 0 Å². The highest BCUT2D eigenvalue weighted by Gasteiger charge is 2.20. The standard InChI is InChI=1S/C14H23NO/c1-10(2)14-13(11(3)12(4)16-14)9-15-7-5-6-8-15/h10H,5-9H2,1-4H3. The lowest BCUT2D eigenvalue weighted by Crippen LogP contribution is -2.19. The zero-order valence-electron chi connectivity index (χ0n) is 11.0. The minimum atomic E-state index is 0.491. The van der Waals surface area contributed by atoms with Gasteiger partial charge in [-0.1, -0.05) is 13.8 Å². The summed E-state index contributed by atoms with van der Waals surface area (Å²) in [5.41, 5.74) is 2.80. The van der Waals surface area contributed by atoms with Crippen LogP contribution in [-0.4, -0.2) is 18.0 Å². The predicted octanol–water partition coefficient (Wildman–Crippen LogP) is 3.62. The van der Waals surface area contributed by atoms with Crippen LogP contribution >= 0.6 is 0 Å². The Labute approximate surface area is 98.6 Å². The molecular weight excluding hydrogens is 198 g/mol. The average Bonchev–Trinajstić information content (AvgIpc) is 2.81. The van der Waals surface area contributed by atoms with E-state index in [1.165, 1.54) is 42.8 Å². The molecule has 16 heavy (non-hydrogen) atoms. The predicted molar refractivity (Wildman–Crippen MR) is 66.8 cm³/mol. The van der Waals surface area contributed by atoms with E-state index >= 15 is 0 Å². The molecule has 0 aliphatic carbocycles. The van der Waals surface area contributed by atoms with Gasteiger partial charge in [0.25, 0.3) is 0 Å². The van der Waals surface area contributed by atoms with Crippen LogP contribution in [0.2, 0.25) is 0 Å². The molecule has 0 spiro atoms. The Morgan fingerprint density at radius 1 is 1.19 bits per heavy atom. The normalized spacial score (nSPS) is 17.6. The van der Waals surface area contributed by atoms with E-state index in [4.69, 9.17) is 4.42 Å². The Morgan fingerprint density at radius 3 is 2.38 bits per heavy atom. The molecule has 1 aromatic heterocycles. The Hall–Kier alpha value is -0.760. The maximum absolute atomic E-state index is 5.89. The van der Waals surface area contributed by atoms with E-state index < -0.39 is 0 Å². The number of hydrogen-bond acceptors (Lipinski definition) is 2. The summed E-state index contributed by atoms with van der Waals surface area (Å²) in [6.07, 6.45) is 2.71. The lowest BCUT2D eigenvalue weighted by Gasteiger charge is -2.16. The molecule has 1 aromatic rings. The van der Waals surface area contributed by atoms with Crippen LogP contribution in [-0.2, 0) is 6.54 Å². The van der Waals surface area contributed by atoms with Crippen LogP contribution in [0.4, 0.5) is 0 Å². The van der Waals surface area contributed by atoms with E-state index in [0.29, 0.717) is 5.92 Å². The minimum absolute atomic E-state index is 0.491. The third kappa shape index (κ3) is 2.17. The SMILES string of the molecule is Cc1oc(C(C)C)c(CN2CCCC2)c1C. The molecule has 2 heterocycles. The molecule has 0 amide bonds. The molecule has 2 rings (SSSR count). The molecule has 1 saturated heterocycles. The van der Waals surface area contributed by atoms with E-state index in [1.54, 1.807) is 0 Å². The van der Waals surface area contributed by atoms with Crippen LogP contribution in [0.15, 0.2) is 4.42 Å². The van der Waals surface area contributed by atoms with Crippen molar-refractivity contribution in [3.8, 4) is 0 Å². The van der Waals surface area contributed by atoms with E-state index in [0.717, 1.165) is 12.3 Å². The van der Waals surface area contributed by atoms with Gasteiger partial charge in [0, 0.05) is 18.0 Å². The Balaban J connectivity index is 2.23. The number of rotatable bonds is 3. The average molecular weight is 221 g/mol. The first-order valence-electron chi connectivity index (χ1n) is 6.40. The van der Waals surface area contributed by atoms with E-state index in [-0.39, 0.29) is 0 Å². The molecular formula is C14H23NO. The maximum Gasteiger partial charge on any atom is 0.111 e. The summed E-state index contributed by atoms with van der Waals surface area (Å²) in [4.78, 5) is 2.54. The second kappa shape index (κ2) is 4.62. The maximum atomic E-state index is 5.89. The van der Waals surface area contributed by atoms with Gasteiger partial charge in [-0.2, -0.15) is 0 Å². The monoisotopic (exact) mass is 221 g/mol. The summed E-state index contributed by atoms with van der Waals surface area (Å²) in [6.45, 7) is 12.3. The number of hydrogen-bond donors (Lipinski definition) is 0. The summed E-state index contributed by atoms with van der Waals surface area (Å²) >= 11 is 0. The third-order valence-corrected chi connectivity index (χ3v) is 3.65. The fraction of sp³-hybridized carbons (Fsp3) is 0.714. The van der Waals surface area contributed by atoms with Crippen molar-refractivity contribution in [3.63, 3.8) is 0 Å². The van der Waals surface area contributed by atoms with Gasteiger partial charge in [0.05, 0.1) is 0 Å². The topological polar surface area (TPSA) is 16.4 Å². The summed E-state index contributed by atoms with van der Waals surface area (Å²) in [5.74, 6) is 2.78. The summed E-state index contributed by atoms with van der Waals surface area (Å²) in [5, 5.41) is 0. The van der Waals surface area contributed by atoms with Gasteiger partial charge in [0.2, 0.25) is 0 Å². The molecule has 1 fully saturated rings. The zero-order chi connectivity index (χ0) is 11.7. The fourth-order valence-electron chi connectivity index (χ4n) is 2.53. The molecule has 0 N–H and O–H groups in total. The quantitative estimate of drug-likeness (QED) is 0.775. The van der Waals surface area contributed by atoms with Crippen LogP contribution < -0.4 is 0 Å². The van der Waals surface area contributed by atoms with Gasteiger partial charge in [0.1, 0.15) is 11.5 Å². The van der Waals surface area contributed by atoms with Gasteiger partial charge in [0.15, 0.2) is 0 Å². The van der Waals surface area contributed by atoms with Crippen molar-refractivity contribution in [3.05, 3.63) is 22.6 Å². The van der Waals surface area contributed by atoms with Gasteiger partial charge in [-0.25, -0.2) is 0 Å². The van der Waals surface area contributed by atoms with Crippen LogP contribution in [0.1, 0.15) is 55.3 Å². The fourth-order valence-corrected chi connectivity index (χ4v) is 2.53. The first-order chi connectivity index (χ1) is 7.59. The van der Waals surface area contributed by atoms with Crippen molar-refractivity contribution in [2.75, 3.05) is 13.1 Å². The van der Waals surface area contributed by atoms with E-state index in [1.807, 2.05) is 0 Å². The van der Waals surface area contributed by atoms with Gasteiger partial charge in [-0.3, -0.25) is 4.90 Å². The zero-order valence-corrected chi connectivity index (χ0v) is 11.0. The van der Waals surface area contributed by atoms with Crippen LogP contribution in [0, 0.1) is 13.8 Å². The minimum Gasteiger partial charge on any atom is -0.465 e. The number of aryl methyl sites for hydroxylation is 1. The van der Waals surface area contributed by atoms with Crippen molar-refractivity contribution >= 4 is 0 Å². The molecule has 0 atom stereocenters. The highest BCUT2D eigenvalue weighted by Crippen LogP contribution is 2.29. The first kappa shape index (κ1) is 11.7. The number of likely N-dealkylation sites (tertiary alicyclic amines) is 1. The summed E-state index contributed by atoms with van der Waals surface area (Å²) in [6, 6.07) is 0. The van der Waals surface area contributed by atoms with Crippen molar-refractivity contribution in [2.45, 2.75) is 53.0 Å². The molecule has 0 saturated carbocycles. The van der Waals surface area contributed by atoms with Gasteiger partial charge in [-0.15, -0.1) is 0 Å². The van der Waals surface area contributed by atoms with Gasteiger partial charge in [-0.05, 0) is 45.3 Å². The highest BCUT2D eigenvalue weighted by molar-refractivity contribution is 5.33. The van der Waals surface area contributed by atoms with Crippen LogP contribution in [0.3, 0.4) is 0 Å². The highest BCUT2D eigenvalue weighted by atomic mass is 16.3. The summed E-state index contributed by atoms with van der Waals surface area (Å²) < 4.78 is 5.89. The number of furan rings is 1. The summed E-state index contributed by atoms with van der Waals surface area (Å²) in [7, 11) is 0. The molecule has 0 bridgehead atoms. The van der Waals surface area contributed by atoms with Gasteiger partial charge < -0.3 is 4.42 Å². The molecule has 0 radical (unpaired) electrons. The van der Waals surface area contributed by atoms with Crippen LogP contribution in [0.25, 0.3) is 0 Å². The van der Waals surface area contributed by atoms with Gasteiger partial charge >= 0.3 is 0 Å². The molecule has 2 nitrogen and oxygen atoms in total. The molecule has 0 aromatic carbocycles. The molecule has 90 valence electrons. The van der Waals surface area contributed by atoms with Crippen molar-refractivity contribution in [1.29, 1.82) is 0 Å². The van der Waals surface area contributed by atoms with E-state index in [2.05, 4.69) is 32.6 Å². The second-order valence-electron chi connectivity index (χ2n) is 5.26. The second-order valence-corrected chi connectivity index (χ2v) is 5.26. The smallest absolute Gasteiger partial charge is 0.111 e. The third-order valence-electron chi connectivity index (χ3n) is 3.65. The Morgan fingerprint density at radius 2 is 1.81 bits per heavy atom. The van der Waals surface area contributed by atoms with Crippen molar-refractivity contribution in [2.24, 2.45) is 0 Å². The number of nitrogens with zero attached hydrogens (tertiary/aromatic N) is 1. The lowest BCUT2D eigenvalue weighted by molar-refractivity contribution is 0.325. The Bertz CT molecular complexity index is 359. The molecule has 1 aliphatic rings. The largest absolute Gasteiger partial charge is 0.465 e. The molecule has 2 heteroatoms. The lowest BCUT2D eigenvalue weighted by atomic mass is 10.0. The van der Waals surface area contributed by atoms with Crippen molar-refractivity contribution in [1.82, 2.24) is 4.90 Å². The van der Waals surface area contributed by atoms with E-state index in [9.17, 15) is 0 Å². The van der Waals surface area contributed by atoms with Crippen molar-refractivity contribution < 1.29 is 4.42 Å². The first-order valence-corrected chi connectivity index (χ1v) is 6.40. The Kier molecular flexibility index (Phi) is 3.38.